The molecular formula is C22H30O3. The van der Waals surface area contributed by atoms with Gasteiger partial charge in [0.15, 0.2) is 0 Å². The lowest BCUT2D eigenvalue weighted by Crippen LogP contribution is -2.27. The van der Waals surface area contributed by atoms with Gasteiger partial charge in [-0.05, 0) is 43.1 Å². The molecule has 25 heavy (non-hydrogen) atoms. The van der Waals surface area contributed by atoms with Crippen molar-refractivity contribution in [3.05, 3.63) is 48.0 Å². The van der Waals surface area contributed by atoms with Crippen molar-refractivity contribution in [2.45, 2.75) is 52.2 Å². The van der Waals surface area contributed by atoms with E-state index in [0.717, 1.165) is 25.7 Å². The van der Waals surface area contributed by atoms with Crippen LogP contribution in [0, 0.1) is 23.7 Å². The SMILES string of the molecule is CCCCC(C)OC(=O)[C@H]1CC2C=CC1C2COCc1ccccc1. The predicted molar refractivity (Wildman–Crippen MR) is 98.9 cm³/mol. The average molecular weight is 342 g/mol. The van der Waals surface area contributed by atoms with Crippen molar-refractivity contribution in [2.75, 3.05) is 6.61 Å². The van der Waals surface area contributed by atoms with Crippen LogP contribution in [0.3, 0.4) is 0 Å². The van der Waals surface area contributed by atoms with Crippen molar-refractivity contribution in [3.63, 3.8) is 0 Å². The fourth-order valence-electron chi connectivity index (χ4n) is 4.19. The fraction of sp³-hybridized carbons (Fsp3) is 0.591. The first-order chi connectivity index (χ1) is 12.2. The van der Waals surface area contributed by atoms with E-state index >= 15 is 0 Å². The van der Waals surface area contributed by atoms with Gasteiger partial charge in [0.2, 0.25) is 0 Å². The summed E-state index contributed by atoms with van der Waals surface area (Å²) in [6.45, 7) is 5.53. The number of hydrogen-bond donors (Lipinski definition) is 0. The normalized spacial score (nSPS) is 28.2. The summed E-state index contributed by atoms with van der Waals surface area (Å²) in [5.41, 5.74) is 1.20. The number of fused-ring (bicyclic) bond motifs is 2. The van der Waals surface area contributed by atoms with Gasteiger partial charge in [0.25, 0.3) is 0 Å². The third-order valence-electron chi connectivity index (χ3n) is 5.62. The molecule has 4 unspecified atom stereocenters. The van der Waals surface area contributed by atoms with Crippen LogP contribution in [0.4, 0.5) is 0 Å². The molecule has 0 saturated heterocycles. The second kappa shape index (κ2) is 8.66. The molecule has 5 atom stereocenters. The van der Waals surface area contributed by atoms with Gasteiger partial charge in [0, 0.05) is 0 Å². The molecular weight excluding hydrogens is 312 g/mol. The van der Waals surface area contributed by atoms with Gasteiger partial charge in [-0.25, -0.2) is 0 Å². The van der Waals surface area contributed by atoms with E-state index in [2.05, 4.69) is 31.2 Å². The molecule has 0 heterocycles. The van der Waals surface area contributed by atoms with Gasteiger partial charge in [0.1, 0.15) is 0 Å². The van der Waals surface area contributed by atoms with Crippen molar-refractivity contribution < 1.29 is 14.3 Å². The minimum atomic E-state index is -0.00601. The Hall–Kier alpha value is -1.61. The van der Waals surface area contributed by atoms with Crippen LogP contribution in [-0.2, 0) is 20.9 Å². The second-order valence-electron chi connectivity index (χ2n) is 7.52. The molecule has 0 spiro atoms. The topological polar surface area (TPSA) is 35.5 Å². The molecule has 1 saturated carbocycles. The molecule has 2 aliphatic carbocycles. The Labute approximate surface area is 151 Å². The molecule has 2 bridgehead atoms. The Morgan fingerprint density at radius 3 is 2.80 bits per heavy atom. The summed E-state index contributed by atoms with van der Waals surface area (Å²) in [5, 5.41) is 0. The summed E-state index contributed by atoms with van der Waals surface area (Å²) in [7, 11) is 0. The maximum atomic E-state index is 12.6. The van der Waals surface area contributed by atoms with Gasteiger partial charge in [-0.2, -0.15) is 0 Å². The third-order valence-corrected chi connectivity index (χ3v) is 5.62. The van der Waals surface area contributed by atoms with E-state index < -0.39 is 0 Å². The van der Waals surface area contributed by atoms with Crippen molar-refractivity contribution >= 4 is 5.97 Å². The van der Waals surface area contributed by atoms with E-state index in [0.29, 0.717) is 25.0 Å². The zero-order chi connectivity index (χ0) is 17.6. The van der Waals surface area contributed by atoms with Gasteiger partial charge in [-0.3, -0.25) is 4.79 Å². The quantitative estimate of drug-likeness (QED) is 0.479. The highest BCUT2D eigenvalue weighted by atomic mass is 16.5. The number of benzene rings is 1. The number of esters is 1. The number of rotatable bonds is 9. The summed E-state index contributed by atoms with van der Waals surface area (Å²) in [6.07, 6.45) is 8.64. The number of hydrogen-bond acceptors (Lipinski definition) is 3. The van der Waals surface area contributed by atoms with Gasteiger partial charge >= 0.3 is 5.97 Å². The molecule has 0 radical (unpaired) electrons. The van der Waals surface area contributed by atoms with Crippen LogP contribution in [0.1, 0.15) is 45.1 Å². The molecule has 3 nitrogen and oxygen atoms in total. The average Bonchev–Trinajstić information content (AvgIpc) is 3.18. The smallest absolute Gasteiger partial charge is 0.309 e. The van der Waals surface area contributed by atoms with Crippen molar-refractivity contribution in [1.29, 1.82) is 0 Å². The van der Waals surface area contributed by atoms with Crippen LogP contribution in [0.2, 0.25) is 0 Å². The molecule has 136 valence electrons. The number of allylic oxidation sites excluding steroid dienone is 2. The Kier molecular flexibility index (Phi) is 6.30. The van der Waals surface area contributed by atoms with Crippen LogP contribution >= 0.6 is 0 Å². The molecule has 0 aliphatic heterocycles. The number of ether oxygens (including phenoxy) is 2. The minimum Gasteiger partial charge on any atom is -0.462 e. The van der Waals surface area contributed by atoms with Crippen molar-refractivity contribution in [3.8, 4) is 0 Å². The zero-order valence-electron chi connectivity index (χ0n) is 15.4. The first kappa shape index (κ1) is 18.2. The molecule has 0 N–H and O–H groups in total. The molecule has 3 rings (SSSR count). The summed E-state index contributed by atoms with van der Waals surface area (Å²) in [6, 6.07) is 10.2. The lowest BCUT2D eigenvalue weighted by atomic mass is 9.91. The Balaban J connectivity index is 1.47. The highest BCUT2D eigenvalue weighted by molar-refractivity contribution is 5.74. The van der Waals surface area contributed by atoms with Crippen LogP contribution in [-0.4, -0.2) is 18.7 Å². The molecule has 0 amide bonds. The van der Waals surface area contributed by atoms with Crippen molar-refractivity contribution in [2.24, 2.45) is 23.7 Å². The first-order valence-electron chi connectivity index (χ1n) is 9.69. The summed E-state index contributed by atoms with van der Waals surface area (Å²) >= 11 is 0. The first-order valence-corrected chi connectivity index (χ1v) is 9.69. The van der Waals surface area contributed by atoms with E-state index in [1.54, 1.807) is 0 Å². The molecule has 0 aromatic heterocycles. The standard InChI is InChI=1S/C22H30O3/c1-3-4-8-16(2)25-22(23)20-13-18-11-12-19(20)21(18)15-24-14-17-9-6-5-7-10-17/h5-7,9-12,16,18-21H,3-4,8,13-15H2,1-2H3/t16?,18?,19?,20-,21?/m0/s1. The third kappa shape index (κ3) is 4.52. The largest absolute Gasteiger partial charge is 0.462 e. The predicted octanol–water partition coefficient (Wildman–Crippen LogP) is 4.76. The Morgan fingerprint density at radius 1 is 1.24 bits per heavy atom. The second-order valence-corrected chi connectivity index (χ2v) is 7.52. The van der Waals surface area contributed by atoms with Gasteiger partial charge in [0.05, 0.1) is 25.2 Å². The summed E-state index contributed by atoms with van der Waals surface area (Å²) in [5.74, 6) is 1.18. The lowest BCUT2D eigenvalue weighted by molar-refractivity contribution is -0.154. The minimum absolute atomic E-state index is 0.00601. The fourth-order valence-corrected chi connectivity index (χ4v) is 4.19. The lowest BCUT2D eigenvalue weighted by Gasteiger charge is -2.21. The van der Waals surface area contributed by atoms with Crippen molar-refractivity contribution in [1.82, 2.24) is 0 Å². The molecule has 1 fully saturated rings. The van der Waals surface area contributed by atoms with E-state index in [1.165, 1.54) is 5.56 Å². The zero-order valence-corrected chi connectivity index (χ0v) is 15.4. The summed E-state index contributed by atoms with van der Waals surface area (Å²) in [4.78, 5) is 12.6. The van der Waals surface area contributed by atoms with Gasteiger partial charge in [-0.1, -0.05) is 62.2 Å². The maximum absolute atomic E-state index is 12.6. The molecule has 3 heteroatoms. The molecule has 2 aliphatic rings. The Morgan fingerprint density at radius 2 is 2.04 bits per heavy atom. The summed E-state index contributed by atoms with van der Waals surface area (Å²) < 4.78 is 11.7. The van der Waals surface area contributed by atoms with Crippen LogP contribution in [0.15, 0.2) is 42.5 Å². The van der Waals surface area contributed by atoms with E-state index in [9.17, 15) is 4.79 Å². The van der Waals surface area contributed by atoms with Crippen LogP contribution in [0.5, 0.6) is 0 Å². The Bertz CT molecular complexity index is 580. The van der Waals surface area contributed by atoms with Gasteiger partial charge < -0.3 is 9.47 Å². The van der Waals surface area contributed by atoms with Crippen LogP contribution in [0.25, 0.3) is 0 Å². The number of carbonyl (C=O) groups is 1. The number of unbranched alkanes of at least 4 members (excludes halogenated alkanes) is 1. The number of carbonyl (C=O) groups excluding carboxylic acids is 1. The maximum Gasteiger partial charge on any atom is 0.309 e. The van der Waals surface area contributed by atoms with E-state index in [1.807, 2.05) is 25.1 Å². The highest BCUT2D eigenvalue weighted by Gasteiger charge is 2.48. The monoisotopic (exact) mass is 342 g/mol. The van der Waals surface area contributed by atoms with E-state index in [-0.39, 0.29) is 23.9 Å². The molecule has 1 aromatic rings. The highest BCUT2D eigenvalue weighted by Crippen LogP contribution is 2.49. The molecule has 1 aromatic carbocycles. The van der Waals surface area contributed by atoms with E-state index in [4.69, 9.17) is 9.47 Å². The van der Waals surface area contributed by atoms with Crippen LogP contribution < -0.4 is 0 Å². The van der Waals surface area contributed by atoms with Gasteiger partial charge in [-0.15, -0.1) is 0 Å².